The Labute approximate surface area is 191 Å². The van der Waals surface area contributed by atoms with Crippen molar-refractivity contribution in [1.82, 2.24) is 19.3 Å². The van der Waals surface area contributed by atoms with Crippen LogP contribution in [0, 0.1) is 6.92 Å². The molecule has 7 nitrogen and oxygen atoms in total. The number of fused-ring (bicyclic) bond motifs is 1. The van der Waals surface area contributed by atoms with E-state index in [-0.39, 0.29) is 17.3 Å². The summed E-state index contributed by atoms with van der Waals surface area (Å²) in [4.78, 5) is 8.32. The molecule has 162 valence electrons. The van der Waals surface area contributed by atoms with Crippen molar-refractivity contribution in [2.45, 2.75) is 18.4 Å². The van der Waals surface area contributed by atoms with Crippen molar-refractivity contribution in [2.75, 3.05) is 12.4 Å². The van der Waals surface area contributed by atoms with Gasteiger partial charge in [0.15, 0.2) is 5.15 Å². The molecule has 3 heterocycles. The van der Waals surface area contributed by atoms with Crippen LogP contribution in [0.25, 0.3) is 10.9 Å². The van der Waals surface area contributed by atoms with Gasteiger partial charge in [0.1, 0.15) is 4.90 Å². The number of rotatable bonds is 6. The van der Waals surface area contributed by atoms with Gasteiger partial charge in [-0.05, 0) is 55.9 Å². The highest BCUT2D eigenvalue weighted by atomic mass is 35.5. The second-order valence-electron chi connectivity index (χ2n) is 6.82. The SMILES string of the molecule is CNCc1cn(S(=O)(=O)c2cccnc2)c2cc(Nc3ccc(C)nc3Cl)ccc12.Cl. The average Bonchev–Trinajstić information content (AvgIpc) is 3.10. The van der Waals surface area contributed by atoms with Gasteiger partial charge in [0.25, 0.3) is 10.0 Å². The normalized spacial score (nSPS) is 11.3. The predicted octanol–water partition coefficient (Wildman–Crippen LogP) is 4.51. The van der Waals surface area contributed by atoms with Gasteiger partial charge in [-0.25, -0.2) is 17.4 Å². The molecule has 4 rings (SSSR count). The van der Waals surface area contributed by atoms with Gasteiger partial charge in [0, 0.05) is 41.9 Å². The maximum Gasteiger partial charge on any atom is 0.269 e. The lowest BCUT2D eigenvalue weighted by Gasteiger charge is -2.11. The number of benzene rings is 1. The number of halogens is 2. The lowest BCUT2D eigenvalue weighted by Crippen LogP contribution is -2.12. The molecular formula is C21H21Cl2N5O2S. The fourth-order valence-corrected chi connectivity index (χ4v) is 4.85. The lowest BCUT2D eigenvalue weighted by atomic mass is 10.1. The van der Waals surface area contributed by atoms with Crippen LogP contribution < -0.4 is 10.6 Å². The monoisotopic (exact) mass is 477 g/mol. The summed E-state index contributed by atoms with van der Waals surface area (Å²) in [5.41, 5.74) is 3.60. The minimum absolute atomic E-state index is 0. The zero-order valence-electron chi connectivity index (χ0n) is 16.8. The number of pyridine rings is 2. The molecule has 0 amide bonds. The third-order valence-electron chi connectivity index (χ3n) is 4.68. The van der Waals surface area contributed by atoms with Crippen LogP contribution in [-0.4, -0.2) is 29.4 Å². The molecule has 0 spiro atoms. The van der Waals surface area contributed by atoms with Crippen LogP contribution in [0.5, 0.6) is 0 Å². The molecule has 4 aromatic rings. The Bertz CT molecular complexity index is 1320. The fourth-order valence-electron chi connectivity index (χ4n) is 3.26. The fraction of sp³-hybridized carbons (Fsp3) is 0.143. The third kappa shape index (κ3) is 4.52. The molecule has 0 aliphatic rings. The van der Waals surface area contributed by atoms with Gasteiger partial charge in [-0.2, -0.15) is 0 Å². The summed E-state index contributed by atoms with van der Waals surface area (Å²) in [5, 5.41) is 7.50. The van der Waals surface area contributed by atoms with Crippen molar-refractivity contribution in [1.29, 1.82) is 0 Å². The summed E-state index contributed by atoms with van der Waals surface area (Å²) in [5.74, 6) is 0. The molecule has 3 aromatic heterocycles. The minimum atomic E-state index is -3.81. The van der Waals surface area contributed by atoms with E-state index in [1.54, 1.807) is 24.5 Å². The molecule has 0 radical (unpaired) electrons. The molecule has 31 heavy (non-hydrogen) atoms. The Morgan fingerprint density at radius 3 is 2.65 bits per heavy atom. The van der Waals surface area contributed by atoms with E-state index in [9.17, 15) is 8.42 Å². The van der Waals surface area contributed by atoms with E-state index >= 15 is 0 Å². The summed E-state index contributed by atoms with van der Waals surface area (Å²) >= 11 is 6.24. The second kappa shape index (κ2) is 9.23. The number of hydrogen-bond acceptors (Lipinski definition) is 6. The van der Waals surface area contributed by atoms with Crippen molar-refractivity contribution in [3.05, 3.63) is 77.5 Å². The molecule has 1 aromatic carbocycles. The molecule has 0 bridgehead atoms. The summed E-state index contributed by atoms with van der Waals surface area (Å²) in [6, 6.07) is 12.4. The highest BCUT2D eigenvalue weighted by Crippen LogP contribution is 2.31. The second-order valence-corrected chi connectivity index (χ2v) is 9.00. The third-order valence-corrected chi connectivity index (χ3v) is 6.62. The van der Waals surface area contributed by atoms with Crippen LogP contribution in [0.15, 0.2) is 66.0 Å². The molecule has 0 aliphatic heterocycles. The molecule has 2 N–H and O–H groups in total. The van der Waals surface area contributed by atoms with E-state index < -0.39 is 10.0 Å². The molecule has 0 saturated heterocycles. The van der Waals surface area contributed by atoms with Gasteiger partial charge in [-0.15, -0.1) is 12.4 Å². The maximum absolute atomic E-state index is 13.3. The van der Waals surface area contributed by atoms with Crippen molar-refractivity contribution >= 4 is 56.3 Å². The molecular weight excluding hydrogens is 457 g/mol. The number of aryl methyl sites for hydroxylation is 1. The van der Waals surface area contributed by atoms with Crippen molar-refractivity contribution in [2.24, 2.45) is 0 Å². The first kappa shape index (κ1) is 23.0. The average molecular weight is 478 g/mol. The first-order chi connectivity index (χ1) is 14.4. The first-order valence-electron chi connectivity index (χ1n) is 9.24. The maximum atomic E-state index is 13.3. The Morgan fingerprint density at radius 2 is 1.97 bits per heavy atom. The standard InChI is InChI=1S/C21H20ClN5O2S.ClH/c1-14-5-8-19(21(22)25-14)26-16-6-7-18-15(11-23-2)13-27(20(18)10-16)30(28,29)17-4-3-9-24-12-17;/h3-10,12-13,23,26H,11H2,1-2H3;1H. The summed E-state index contributed by atoms with van der Waals surface area (Å²) in [6.07, 6.45) is 4.53. The van der Waals surface area contributed by atoms with Crippen LogP contribution in [0.1, 0.15) is 11.3 Å². The summed E-state index contributed by atoms with van der Waals surface area (Å²) in [7, 11) is -1.99. The summed E-state index contributed by atoms with van der Waals surface area (Å²) < 4.78 is 27.9. The quantitative estimate of drug-likeness (QED) is 0.397. The lowest BCUT2D eigenvalue weighted by molar-refractivity contribution is 0.588. The number of hydrogen-bond donors (Lipinski definition) is 2. The zero-order valence-corrected chi connectivity index (χ0v) is 19.2. The van der Waals surface area contributed by atoms with E-state index in [2.05, 4.69) is 20.6 Å². The zero-order chi connectivity index (χ0) is 21.3. The molecule has 0 fully saturated rings. The predicted molar refractivity (Wildman–Crippen MR) is 126 cm³/mol. The minimum Gasteiger partial charge on any atom is -0.353 e. The largest absolute Gasteiger partial charge is 0.353 e. The van der Waals surface area contributed by atoms with Crippen LogP contribution in [-0.2, 0) is 16.6 Å². The van der Waals surface area contributed by atoms with E-state index in [1.807, 2.05) is 38.2 Å². The van der Waals surface area contributed by atoms with Crippen molar-refractivity contribution in [3.8, 4) is 0 Å². The van der Waals surface area contributed by atoms with Gasteiger partial charge < -0.3 is 10.6 Å². The Hall–Kier alpha value is -2.65. The molecule has 0 saturated carbocycles. The molecule has 0 atom stereocenters. The number of anilines is 2. The number of aromatic nitrogens is 3. The van der Waals surface area contributed by atoms with E-state index in [0.29, 0.717) is 28.6 Å². The van der Waals surface area contributed by atoms with E-state index in [0.717, 1.165) is 16.6 Å². The van der Waals surface area contributed by atoms with Gasteiger partial charge in [0.05, 0.1) is 11.2 Å². The Morgan fingerprint density at radius 1 is 1.16 bits per heavy atom. The highest BCUT2D eigenvalue weighted by Gasteiger charge is 2.21. The Balaban J connectivity index is 0.00000272. The number of nitrogens with zero attached hydrogens (tertiary/aromatic N) is 3. The summed E-state index contributed by atoms with van der Waals surface area (Å²) in [6.45, 7) is 2.40. The number of nitrogens with one attached hydrogen (secondary N) is 2. The van der Waals surface area contributed by atoms with Gasteiger partial charge in [-0.1, -0.05) is 17.7 Å². The van der Waals surface area contributed by atoms with Gasteiger partial charge >= 0.3 is 0 Å². The van der Waals surface area contributed by atoms with Crippen molar-refractivity contribution in [3.63, 3.8) is 0 Å². The molecule has 0 unspecified atom stereocenters. The van der Waals surface area contributed by atoms with Crippen LogP contribution in [0.3, 0.4) is 0 Å². The smallest absolute Gasteiger partial charge is 0.269 e. The molecule has 0 aliphatic carbocycles. The van der Waals surface area contributed by atoms with Crippen LogP contribution in [0.2, 0.25) is 5.15 Å². The van der Waals surface area contributed by atoms with Gasteiger partial charge in [-0.3, -0.25) is 4.98 Å². The first-order valence-corrected chi connectivity index (χ1v) is 11.1. The Kier molecular flexibility index (Phi) is 6.86. The topological polar surface area (TPSA) is 88.9 Å². The van der Waals surface area contributed by atoms with Crippen LogP contribution >= 0.6 is 24.0 Å². The van der Waals surface area contributed by atoms with Crippen molar-refractivity contribution < 1.29 is 8.42 Å². The van der Waals surface area contributed by atoms with Gasteiger partial charge in [0.2, 0.25) is 0 Å². The van der Waals surface area contributed by atoms with Crippen LogP contribution in [0.4, 0.5) is 11.4 Å². The highest BCUT2D eigenvalue weighted by molar-refractivity contribution is 7.90. The molecule has 10 heteroatoms. The van der Waals surface area contributed by atoms with E-state index in [1.165, 1.54) is 16.2 Å². The van der Waals surface area contributed by atoms with E-state index in [4.69, 9.17) is 11.6 Å².